The van der Waals surface area contributed by atoms with E-state index in [1.807, 2.05) is 0 Å². The van der Waals surface area contributed by atoms with Gasteiger partial charge in [0.1, 0.15) is 0 Å². The summed E-state index contributed by atoms with van der Waals surface area (Å²) in [4.78, 5) is 27.5. The Balaban J connectivity index is 2.43. The molecule has 0 saturated carbocycles. The van der Waals surface area contributed by atoms with Crippen molar-refractivity contribution in [1.29, 1.82) is 0 Å². The fraction of sp³-hybridized carbons (Fsp3) is 0.364. The number of Topliss-reactive ketones (excluding diaryl/α,β-unsaturated/α-hetero) is 1. The molecule has 1 rings (SSSR count). The number of aromatic nitrogens is 1. The minimum absolute atomic E-state index is 0.0385. The van der Waals surface area contributed by atoms with Crippen LogP contribution in [0.25, 0.3) is 0 Å². The molecule has 5 nitrogen and oxygen atoms in total. The number of ketones is 1. The minimum atomic E-state index is -0.860. The van der Waals surface area contributed by atoms with Gasteiger partial charge < -0.3 is 5.11 Å². The molecule has 1 aromatic rings. The van der Waals surface area contributed by atoms with Crippen LogP contribution in [-0.4, -0.2) is 46.9 Å². The number of rotatable bonds is 6. The Hall–Kier alpha value is -1.75. The van der Waals surface area contributed by atoms with E-state index < -0.39 is 5.97 Å². The second-order valence-corrected chi connectivity index (χ2v) is 3.55. The molecule has 1 heterocycles. The summed E-state index contributed by atoms with van der Waals surface area (Å²) >= 11 is 0. The SMILES string of the molecule is CN(CCC(=O)O)CC(=O)c1cccnc1. The average Bonchev–Trinajstić information content (AvgIpc) is 2.27. The molecule has 0 amide bonds. The maximum Gasteiger partial charge on any atom is 0.304 e. The normalized spacial score (nSPS) is 10.4. The topological polar surface area (TPSA) is 70.5 Å². The van der Waals surface area contributed by atoms with Gasteiger partial charge in [0.2, 0.25) is 0 Å². The Labute approximate surface area is 93.7 Å². The lowest BCUT2D eigenvalue weighted by Crippen LogP contribution is -2.28. The minimum Gasteiger partial charge on any atom is -0.481 e. The van der Waals surface area contributed by atoms with E-state index in [-0.39, 0.29) is 18.7 Å². The molecule has 0 bridgehead atoms. The van der Waals surface area contributed by atoms with Crippen molar-refractivity contribution in [2.45, 2.75) is 6.42 Å². The highest BCUT2D eigenvalue weighted by atomic mass is 16.4. The lowest BCUT2D eigenvalue weighted by Gasteiger charge is -2.13. The number of carbonyl (C=O) groups excluding carboxylic acids is 1. The van der Waals surface area contributed by atoms with E-state index in [9.17, 15) is 9.59 Å². The highest BCUT2D eigenvalue weighted by Gasteiger charge is 2.10. The van der Waals surface area contributed by atoms with Crippen LogP contribution in [0.1, 0.15) is 16.8 Å². The Morgan fingerprint density at radius 3 is 2.81 bits per heavy atom. The molecule has 0 radical (unpaired) electrons. The molecule has 0 unspecified atom stereocenters. The summed E-state index contributed by atoms with van der Waals surface area (Å²) in [6, 6.07) is 3.39. The molecule has 0 fully saturated rings. The van der Waals surface area contributed by atoms with Crippen molar-refractivity contribution in [2.24, 2.45) is 0 Å². The number of pyridine rings is 1. The summed E-state index contributed by atoms with van der Waals surface area (Å²) in [6.07, 6.45) is 3.15. The van der Waals surface area contributed by atoms with Crippen LogP contribution in [-0.2, 0) is 4.79 Å². The molecule has 5 heteroatoms. The first-order chi connectivity index (χ1) is 7.59. The molecular formula is C11H14N2O3. The van der Waals surface area contributed by atoms with Crippen molar-refractivity contribution in [3.63, 3.8) is 0 Å². The molecule has 1 aromatic heterocycles. The lowest BCUT2D eigenvalue weighted by molar-refractivity contribution is -0.137. The molecular weight excluding hydrogens is 208 g/mol. The predicted molar refractivity (Wildman–Crippen MR) is 58.3 cm³/mol. The highest BCUT2D eigenvalue weighted by molar-refractivity contribution is 5.97. The van der Waals surface area contributed by atoms with Gasteiger partial charge in [-0.15, -0.1) is 0 Å². The van der Waals surface area contributed by atoms with Crippen LogP contribution >= 0.6 is 0 Å². The maximum absolute atomic E-state index is 11.7. The molecule has 0 aliphatic carbocycles. The third kappa shape index (κ3) is 4.18. The average molecular weight is 222 g/mol. The quantitative estimate of drug-likeness (QED) is 0.716. The zero-order chi connectivity index (χ0) is 12.0. The van der Waals surface area contributed by atoms with Gasteiger partial charge in [0.05, 0.1) is 13.0 Å². The largest absolute Gasteiger partial charge is 0.481 e. The molecule has 0 atom stereocenters. The van der Waals surface area contributed by atoms with Gasteiger partial charge in [-0.2, -0.15) is 0 Å². The molecule has 0 aliphatic heterocycles. The zero-order valence-electron chi connectivity index (χ0n) is 9.09. The van der Waals surface area contributed by atoms with Crippen LogP contribution in [0, 0.1) is 0 Å². The van der Waals surface area contributed by atoms with Gasteiger partial charge >= 0.3 is 5.97 Å². The highest BCUT2D eigenvalue weighted by Crippen LogP contribution is 1.99. The van der Waals surface area contributed by atoms with Crippen LogP contribution in [0.2, 0.25) is 0 Å². The Kier molecular flexibility index (Phi) is 4.60. The molecule has 86 valence electrons. The lowest BCUT2D eigenvalue weighted by atomic mass is 10.2. The van der Waals surface area contributed by atoms with Crippen molar-refractivity contribution in [1.82, 2.24) is 9.88 Å². The molecule has 1 N–H and O–H groups in total. The first-order valence-electron chi connectivity index (χ1n) is 4.93. The molecule has 16 heavy (non-hydrogen) atoms. The van der Waals surface area contributed by atoms with E-state index in [1.54, 1.807) is 30.3 Å². The van der Waals surface area contributed by atoms with E-state index in [0.717, 1.165) is 0 Å². The number of carboxylic acid groups (broad SMARTS) is 1. The number of likely N-dealkylation sites (N-methyl/N-ethyl adjacent to an activating group) is 1. The van der Waals surface area contributed by atoms with E-state index in [2.05, 4.69) is 4.98 Å². The van der Waals surface area contributed by atoms with E-state index in [4.69, 9.17) is 5.11 Å². The van der Waals surface area contributed by atoms with Gasteiger partial charge in [0.15, 0.2) is 5.78 Å². The van der Waals surface area contributed by atoms with Crippen molar-refractivity contribution in [3.8, 4) is 0 Å². The van der Waals surface area contributed by atoms with Crippen LogP contribution in [0.15, 0.2) is 24.5 Å². The van der Waals surface area contributed by atoms with Gasteiger partial charge in [-0.1, -0.05) is 0 Å². The summed E-state index contributed by atoms with van der Waals surface area (Å²) in [6.45, 7) is 0.570. The summed E-state index contributed by atoms with van der Waals surface area (Å²) in [5.74, 6) is -0.915. The van der Waals surface area contributed by atoms with Gasteiger partial charge in [-0.05, 0) is 19.2 Å². The fourth-order valence-corrected chi connectivity index (χ4v) is 1.23. The third-order valence-corrected chi connectivity index (χ3v) is 2.10. The maximum atomic E-state index is 11.7. The molecule has 0 saturated heterocycles. The summed E-state index contributed by atoms with van der Waals surface area (Å²) in [7, 11) is 1.72. The number of hydrogen-bond acceptors (Lipinski definition) is 4. The summed E-state index contributed by atoms with van der Waals surface area (Å²) < 4.78 is 0. The van der Waals surface area contributed by atoms with Gasteiger partial charge in [-0.25, -0.2) is 0 Å². The molecule has 0 aromatic carbocycles. The van der Waals surface area contributed by atoms with Crippen molar-refractivity contribution in [2.75, 3.05) is 20.1 Å². The molecule has 0 aliphatic rings. The number of carboxylic acids is 1. The van der Waals surface area contributed by atoms with Crippen molar-refractivity contribution < 1.29 is 14.7 Å². The monoisotopic (exact) mass is 222 g/mol. The Bertz CT molecular complexity index is 365. The second-order valence-electron chi connectivity index (χ2n) is 3.55. The first kappa shape index (κ1) is 12.3. The van der Waals surface area contributed by atoms with Gasteiger partial charge in [0, 0.05) is 24.5 Å². The number of carbonyl (C=O) groups is 2. The Morgan fingerprint density at radius 1 is 1.50 bits per heavy atom. The number of hydrogen-bond donors (Lipinski definition) is 1. The van der Waals surface area contributed by atoms with E-state index >= 15 is 0 Å². The Morgan fingerprint density at radius 2 is 2.25 bits per heavy atom. The van der Waals surface area contributed by atoms with Gasteiger partial charge in [0.25, 0.3) is 0 Å². The van der Waals surface area contributed by atoms with Crippen LogP contribution in [0.4, 0.5) is 0 Å². The van der Waals surface area contributed by atoms with Gasteiger partial charge in [-0.3, -0.25) is 19.5 Å². The second kappa shape index (κ2) is 5.97. The van der Waals surface area contributed by atoms with E-state index in [1.165, 1.54) is 6.20 Å². The summed E-state index contributed by atoms with van der Waals surface area (Å²) in [5.41, 5.74) is 0.546. The van der Waals surface area contributed by atoms with Crippen LogP contribution in [0.3, 0.4) is 0 Å². The summed E-state index contributed by atoms with van der Waals surface area (Å²) in [5, 5.41) is 8.49. The predicted octanol–water partition coefficient (Wildman–Crippen LogP) is 0.671. The first-order valence-corrected chi connectivity index (χ1v) is 4.93. The van der Waals surface area contributed by atoms with Crippen molar-refractivity contribution in [3.05, 3.63) is 30.1 Å². The van der Waals surface area contributed by atoms with Crippen LogP contribution in [0.5, 0.6) is 0 Å². The zero-order valence-corrected chi connectivity index (χ0v) is 9.09. The third-order valence-electron chi connectivity index (χ3n) is 2.10. The molecule has 0 spiro atoms. The standard InChI is InChI=1S/C11H14N2O3/c1-13(6-4-11(15)16)8-10(14)9-3-2-5-12-7-9/h2-3,5,7H,4,6,8H2,1H3,(H,15,16). The van der Waals surface area contributed by atoms with E-state index in [0.29, 0.717) is 12.1 Å². The fourth-order valence-electron chi connectivity index (χ4n) is 1.23. The number of nitrogens with zero attached hydrogens (tertiary/aromatic N) is 2. The van der Waals surface area contributed by atoms with Crippen molar-refractivity contribution >= 4 is 11.8 Å². The van der Waals surface area contributed by atoms with Crippen LogP contribution < -0.4 is 0 Å². The smallest absolute Gasteiger partial charge is 0.304 e. The number of aliphatic carboxylic acids is 1.